The van der Waals surface area contributed by atoms with E-state index >= 15 is 0 Å². The first kappa shape index (κ1) is 12.7. The predicted octanol–water partition coefficient (Wildman–Crippen LogP) is 1.81. The quantitative estimate of drug-likeness (QED) is 0.796. The Bertz CT molecular complexity index is 338. The van der Waals surface area contributed by atoms with Crippen molar-refractivity contribution in [2.45, 2.75) is 25.3 Å². The molecule has 1 aromatic carbocycles. The predicted molar refractivity (Wildman–Crippen MR) is 57.6 cm³/mol. The monoisotopic (exact) mass is 386 g/mol. The van der Waals surface area contributed by atoms with Gasteiger partial charge >= 0.3 is 0 Å². The fraction of sp³-hybridized carbons (Fsp3) is 0.500. The third kappa shape index (κ3) is 2.62. The summed E-state index contributed by atoms with van der Waals surface area (Å²) < 4.78 is 0. The number of benzene rings is 1. The summed E-state index contributed by atoms with van der Waals surface area (Å²) in [6, 6.07) is 6.48. The molecule has 0 heterocycles. The van der Waals surface area contributed by atoms with Gasteiger partial charge in [0.15, 0.2) is 0 Å². The minimum atomic E-state index is 0. The van der Waals surface area contributed by atoms with E-state index in [0.29, 0.717) is 11.8 Å². The molecule has 3 heteroatoms. The van der Waals surface area contributed by atoms with Crippen LogP contribution < -0.4 is 0 Å². The van der Waals surface area contributed by atoms with E-state index in [9.17, 15) is 5.11 Å². The van der Waals surface area contributed by atoms with Gasteiger partial charge in [-0.05, 0) is 50.6 Å². The first-order valence-electron chi connectivity index (χ1n) is 5.14. The molecular weight excluding hydrogens is 369 g/mol. The molecule has 0 amide bonds. The maximum Gasteiger partial charge on any atom is 0.119 e. The van der Waals surface area contributed by atoms with Crippen LogP contribution in [0.5, 0.6) is 5.75 Å². The van der Waals surface area contributed by atoms with Crippen LogP contribution in [0.4, 0.5) is 0 Å². The molecule has 0 saturated heterocycles. The molecular formula is C12H17NOPt. The maximum absolute atomic E-state index is 9.67. The van der Waals surface area contributed by atoms with Crippen molar-refractivity contribution in [2.75, 3.05) is 14.1 Å². The van der Waals surface area contributed by atoms with Gasteiger partial charge in [0.25, 0.3) is 0 Å². The Morgan fingerprint density at radius 2 is 2.07 bits per heavy atom. The molecule has 0 radical (unpaired) electrons. The van der Waals surface area contributed by atoms with Crippen LogP contribution in [0.15, 0.2) is 18.2 Å². The van der Waals surface area contributed by atoms with Gasteiger partial charge in [0.05, 0.1) is 0 Å². The van der Waals surface area contributed by atoms with Gasteiger partial charge in [0, 0.05) is 27.1 Å². The zero-order valence-corrected chi connectivity index (χ0v) is 11.4. The number of hydrogen-bond acceptors (Lipinski definition) is 2. The summed E-state index contributed by atoms with van der Waals surface area (Å²) in [5.41, 5.74) is 2.47. The molecule has 2 nitrogen and oxygen atoms in total. The number of likely N-dealkylation sites (N-methyl/N-ethyl adjacent to an activating group) is 1. The zero-order chi connectivity index (χ0) is 10.1. The van der Waals surface area contributed by atoms with Gasteiger partial charge in [-0.15, -0.1) is 0 Å². The van der Waals surface area contributed by atoms with Crippen LogP contribution in [0, 0.1) is 0 Å². The van der Waals surface area contributed by atoms with Gasteiger partial charge in [-0.25, -0.2) is 0 Å². The number of hydrogen-bond donors (Lipinski definition) is 1. The maximum atomic E-state index is 9.67. The molecule has 0 aliphatic heterocycles. The van der Waals surface area contributed by atoms with E-state index in [4.69, 9.17) is 0 Å². The third-order valence-electron chi connectivity index (χ3n) is 3.16. The van der Waals surface area contributed by atoms with Gasteiger partial charge in [0.2, 0.25) is 0 Å². The largest absolute Gasteiger partial charge is 0.508 e. The first-order valence-corrected chi connectivity index (χ1v) is 5.14. The van der Waals surface area contributed by atoms with E-state index < -0.39 is 0 Å². The van der Waals surface area contributed by atoms with E-state index in [2.05, 4.69) is 25.1 Å². The van der Waals surface area contributed by atoms with E-state index in [1.165, 1.54) is 5.56 Å². The summed E-state index contributed by atoms with van der Waals surface area (Å²) >= 11 is 0. The summed E-state index contributed by atoms with van der Waals surface area (Å²) in [5, 5.41) is 9.67. The molecule has 0 spiro atoms. The molecule has 86 valence electrons. The number of aromatic hydroxyl groups is 1. The number of rotatable bonds is 1. The Kier molecular flexibility index (Phi) is 4.36. The van der Waals surface area contributed by atoms with Gasteiger partial charge in [-0.1, -0.05) is 12.1 Å². The second kappa shape index (κ2) is 5.14. The molecule has 1 atom stereocenters. The van der Waals surface area contributed by atoms with E-state index in [-0.39, 0.29) is 21.1 Å². The van der Waals surface area contributed by atoms with Crippen molar-refractivity contribution in [3.8, 4) is 5.75 Å². The summed E-state index contributed by atoms with van der Waals surface area (Å²) in [7, 11) is 4.25. The molecule has 0 saturated carbocycles. The zero-order valence-electron chi connectivity index (χ0n) is 9.14. The van der Waals surface area contributed by atoms with Crippen LogP contribution >= 0.6 is 0 Å². The number of phenols is 1. The Hall–Kier alpha value is -0.332. The van der Waals surface area contributed by atoms with Crippen molar-refractivity contribution in [3.63, 3.8) is 0 Å². The van der Waals surface area contributed by atoms with Crippen molar-refractivity contribution in [1.82, 2.24) is 4.90 Å². The van der Waals surface area contributed by atoms with Crippen molar-refractivity contribution in [1.29, 1.82) is 0 Å². The van der Waals surface area contributed by atoms with Gasteiger partial charge < -0.3 is 10.0 Å². The molecule has 0 fully saturated rings. The topological polar surface area (TPSA) is 23.5 Å². The van der Waals surface area contributed by atoms with Crippen LogP contribution in [-0.2, 0) is 33.9 Å². The normalized spacial score (nSPS) is 19.5. The van der Waals surface area contributed by atoms with Crippen LogP contribution in [0.2, 0.25) is 0 Å². The van der Waals surface area contributed by atoms with Crippen LogP contribution in [0.25, 0.3) is 0 Å². The fourth-order valence-electron chi connectivity index (χ4n) is 2.21. The van der Waals surface area contributed by atoms with Crippen LogP contribution in [-0.4, -0.2) is 30.1 Å². The van der Waals surface area contributed by atoms with Crippen molar-refractivity contribution in [2.24, 2.45) is 0 Å². The summed E-state index contributed by atoms with van der Waals surface area (Å²) in [4.78, 5) is 2.27. The SMILES string of the molecule is CN(C)C1CCc2c(O)cccc2C1.[Pt]. The van der Waals surface area contributed by atoms with E-state index in [0.717, 1.165) is 24.8 Å². The Morgan fingerprint density at radius 1 is 1.33 bits per heavy atom. The molecule has 1 aromatic rings. The molecule has 1 aliphatic rings. The smallest absolute Gasteiger partial charge is 0.119 e. The second-order valence-electron chi connectivity index (χ2n) is 4.28. The third-order valence-corrected chi connectivity index (χ3v) is 3.16. The molecule has 1 unspecified atom stereocenters. The number of phenolic OH excluding ortho intramolecular Hbond substituents is 1. The molecule has 1 N–H and O–H groups in total. The summed E-state index contributed by atoms with van der Waals surface area (Å²) in [6.07, 6.45) is 3.22. The Balaban J connectivity index is 0.00000112. The minimum Gasteiger partial charge on any atom is -0.508 e. The Morgan fingerprint density at radius 3 is 2.73 bits per heavy atom. The van der Waals surface area contributed by atoms with Gasteiger partial charge in [-0.3, -0.25) is 0 Å². The number of nitrogens with zero attached hydrogens (tertiary/aromatic N) is 1. The molecule has 2 rings (SSSR count). The molecule has 0 aromatic heterocycles. The van der Waals surface area contributed by atoms with Crippen LogP contribution in [0.1, 0.15) is 17.5 Å². The Labute approximate surface area is 106 Å². The van der Waals surface area contributed by atoms with Gasteiger partial charge in [-0.2, -0.15) is 0 Å². The average Bonchev–Trinajstić information content (AvgIpc) is 2.17. The van der Waals surface area contributed by atoms with Crippen molar-refractivity contribution < 1.29 is 26.2 Å². The van der Waals surface area contributed by atoms with Crippen molar-refractivity contribution >= 4 is 0 Å². The van der Waals surface area contributed by atoms with Crippen molar-refractivity contribution in [3.05, 3.63) is 29.3 Å². The van der Waals surface area contributed by atoms with Crippen LogP contribution in [0.3, 0.4) is 0 Å². The standard InChI is InChI=1S/C12H17NO.Pt/c1-13(2)10-6-7-11-9(8-10)4-3-5-12(11)14;/h3-5,10,14H,6-8H2,1-2H3;. The van der Waals surface area contributed by atoms with Gasteiger partial charge in [0.1, 0.15) is 5.75 Å². The molecule has 0 bridgehead atoms. The van der Waals surface area contributed by atoms with E-state index in [1.807, 2.05) is 6.07 Å². The second-order valence-corrected chi connectivity index (χ2v) is 4.28. The summed E-state index contributed by atoms with van der Waals surface area (Å²) in [6.45, 7) is 0. The molecule has 15 heavy (non-hydrogen) atoms. The average molecular weight is 386 g/mol. The summed E-state index contributed by atoms with van der Waals surface area (Å²) in [5.74, 6) is 0.472. The fourth-order valence-corrected chi connectivity index (χ4v) is 2.21. The molecule has 1 aliphatic carbocycles. The number of fused-ring (bicyclic) bond motifs is 1. The van der Waals surface area contributed by atoms with E-state index in [1.54, 1.807) is 6.07 Å². The first-order chi connectivity index (χ1) is 6.68. The minimum absolute atomic E-state index is 0.